The summed E-state index contributed by atoms with van der Waals surface area (Å²) in [5, 5.41) is 36.0. The Kier molecular flexibility index (Phi) is 23.7. The molecule has 1 aliphatic rings. The van der Waals surface area contributed by atoms with Gasteiger partial charge in [0.25, 0.3) is 0 Å². The van der Waals surface area contributed by atoms with E-state index in [-0.39, 0.29) is 24.2 Å². The molecule has 0 aromatic carbocycles. The van der Waals surface area contributed by atoms with Crippen molar-refractivity contribution in [2.75, 3.05) is 38.8 Å². The Balaban J connectivity index is 1.37. The van der Waals surface area contributed by atoms with Gasteiger partial charge < -0.3 is 35.1 Å². The number of ether oxygens (including phenoxy) is 3. The molecule has 6 atom stereocenters. The Bertz CT molecular complexity index is 1430. The number of hydrogen-bond donors (Lipinski definition) is 4. The van der Waals surface area contributed by atoms with Crippen molar-refractivity contribution < 1.29 is 42.9 Å². The van der Waals surface area contributed by atoms with Gasteiger partial charge in [-0.15, -0.1) is 0 Å². The third-order valence-electron chi connectivity index (χ3n) is 10.6. The molecule has 56 heavy (non-hydrogen) atoms. The highest BCUT2D eigenvalue weighted by Crippen LogP contribution is 2.46. The third kappa shape index (κ3) is 16.6. The van der Waals surface area contributed by atoms with Gasteiger partial charge in [0.05, 0.1) is 25.0 Å². The lowest BCUT2D eigenvalue weighted by Crippen LogP contribution is -2.41. The topological polar surface area (TPSA) is 204 Å². The van der Waals surface area contributed by atoms with Gasteiger partial charge in [0, 0.05) is 19.8 Å². The molecule has 14 nitrogen and oxygen atoms in total. The van der Waals surface area contributed by atoms with Crippen molar-refractivity contribution >= 4 is 19.2 Å². The van der Waals surface area contributed by atoms with E-state index in [0.29, 0.717) is 18.5 Å². The first-order valence-electron chi connectivity index (χ1n) is 21.5. The maximum absolute atomic E-state index is 13.0. The van der Waals surface area contributed by atoms with Crippen LogP contribution < -0.4 is 5.73 Å². The number of nitrogen functional groups attached to an aromatic ring is 1. The number of aliphatic hydroxyl groups is 2. The van der Waals surface area contributed by atoms with Crippen LogP contribution in [-0.4, -0.2) is 87.2 Å². The van der Waals surface area contributed by atoms with Crippen molar-refractivity contribution in [3.63, 3.8) is 0 Å². The fourth-order valence-corrected chi connectivity index (χ4v) is 7.94. The number of aliphatic hydroxyl groups excluding tert-OH is 2. The van der Waals surface area contributed by atoms with Crippen LogP contribution in [0.4, 0.5) is 5.82 Å². The summed E-state index contributed by atoms with van der Waals surface area (Å²) in [5.41, 5.74) is 4.36. The molecule has 5 N–H and O–H groups in total. The fraction of sp³-hybridized carbons (Fsp3) is 0.829. The third-order valence-corrected chi connectivity index (χ3v) is 11.6. The number of rotatable bonds is 34. The summed E-state index contributed by atoms with van der Waals surface area (Å²) in [6, 6.07) is 5.00. The zero-order valence-corrected chi connectivity index (χ0v) is 35.1. The number of nitrogens with two attached hydrogens (primary N) is 1. The van der Waals surface area contributed by atoms with Gasteiger partial charge in [0.2, 0.25) is 5.60 Å². The fourth-order valence-electron chi connectivity index (χ4n) is 7.18. The summed E-state index contributed by atoms with van der Waals surface area (Å²) in [4.78, 5) is 14.5. The minimum Gasteiger partial charge on any atom is -0.387 e. The van der Waals surface area contributed by atoms with E-state index < -0.39 is 38.3 Å². The van der Waals surface area contributed by atoms with Gasteiger partial charge in [-0.2, -0.15) is 10.4 Å². The second kappa shape index (κ2) is 27.5. The highest BCUT2D eigenvalue weighted by atomic mass is 31.2. The predicted molar refractivity (Wildman–Crippen MR) is 217 cm³/mol. The van der Waals surface area contributed by atoms with Crippen molar-refractivity contribution in [1.29, 1.82) is 5.26 Å². The number of fused-ring (bicyclic) bond motifs is 1. The van der Waals surface area contributed by atoms with Crippen molar-refractivity contribution in [3.05, 3.63) is 24.2 Å². The van der Waals surface area contributed by atoms with Crippen LogP contribution in [0.25, 0.3) is 5.52 Å². The molecule has 0 aliphatic carbocycles. The number of anilines is 1. The minimum atomic E-state index is -4.62. The van der Waals surface area contributed by atoms with Crippen molar-refractivity contribution in [2.24, 2.45) is 0 Å². The second-order valence-electron chi connectivity index (χ2n) is 15.3. The van der Waals surface area contributed by atoms with E-state index in [4.69, 9.17) is 29.0 Å². The predicted octanol–water partition coefficient (Wildman–Crippen LogP) is 8.31. The Hall–Kier alpha value is -2.18. The average Bonchev–Trinajstić information content (AvgIpc) is 3.74. The molecule has 320 valence electrons. The van der Waals surface area contributed by atoms with Gasteiger partial charge in [-0.3, -0.25) is 9.05 Å². The number of aromatic nitrogens is 3. The smallest absolute Gasteiger partial charge is 0.387 e. The van der Waals surface area contributed by atoms with E-state index in [1.54, 1.807) is 6.07 Å². The van der Waals surface area contributed by atoms with Gasteiger partial charge in [0.1, 0.15) is 36.2 Å². The van der Waals surface area contributed by atoms with Crippen molar-refractivity contribution in [2.45, 2.75) is 185 Å². The highest BCUT2D eigenvalue weighted by Gasteiger charge is 2.58. The Morgan fingerprint density at radius 2 is 1.41 bits per heavy atom. The van der Waals surface area contributed by atoms with Gasteiger partial charge in [-0.05, 0) is 37.8 Å². The molecular formula is C41H72N5O9P. The maximum Gasteiger partial charge on any atom is 0.472 e. The van der Waals surface area contributed by atoms with E-state index in [1.807, 2.05) is 6.07 Å². The van der Waals surface area contributed by atoms with Crippen LogP contribution in [0.1, 0.15) is 161 Å². The summed E-state index contributed by atoms with van der Waals surface area (Å²) >= 11 is 0. The molecule has 2 aromatic heterocycles. The van der Waals surface area contributed by atoms with E-state index in [1.165, 1.54) is 107 Å². The summed E-state index contributed by atoms with van der Waals surface area (Å²) in [7, 11) is -4.62. The molecule has 1 aliphatic heterocycles. The average molecular weight is 810 g/mol. The molecule has 0 bridgehead atoms. The second-order valence-corrected chi connectivity index (χ2v) is 16.7. The molecule has 1 saturated heterocycles. The summed E-state index contributed by atoms with van der Waals surface area (Å²) in [6.07, 6.45) is 21.7. The molecule has 2 unspecified atom stereocenters. The molecule has 0 radical (unpaired) electrons. The molecule has 3 rings (SSSR count). The van der Waals surface area contributed by atoms with Crippen LogP contribution >= 0.6 is 7.82 Å². The van der Waals surface area contributed by atoms with Crippen LogP contribution in [0.5, 0.6) is 0 Å². The number of phosphoric acid groups is 1. The number of nitrogens with zero attached hydrogens (tertiary/aromatic N) is 4. The van der Waals surface area contributed by atoms with E-state index in [9.17, 15) is 24.9 Å². The lowest BCUT2D eigenvalue weighted by molar-refractivity contribution is -0.0656. The molecule has 0 amide bonds. The molecule has 2 aromatic rings. The summed E-state index contributed by atoms with van der Waals surface area (Å²) < 4.78 is 42.7. The quantitative estimate of drug-likeness (QED) is 0.0388. The monoisotopic (exact) mass is 810 g/mol. The molecule has 15 heteroatoms. The van der Waals surface area contributed by atoms with Crippen LogP contribution in [-0.2, 0) is 33.4 Å². The standard InChI is InChI=1S/C41H72N5O9P/c1-3-5-7-9-14-17-21-27-51-28-22-18-15-12-11-13-16-20-24-34(52-29-23-19-10-8-6-4-2)30-53-56(49,50)54-31-36-38(47)39(48)41(32-42,55-36)37-26-25-35-40(43)44-33-45-46(35)37/h25-26,33-34,36,38-39,47-48H,3-24,27-31H2,1-2H3,(H,49,50)(H2,43,44,45)/t34-,36-,38+,39?,41+/m1/s1. The molecule has 0 spiro atoms. The number of nitriles is 1. The minimum absolute atomic E-state index is 0.113. The van der Waals surface area contributed by atoms with Crippen LogP contribution in [0.2, 0.25) is 0 Å². The molecule has 1 fully saturated rings. The Labute approximate surface area is 335 Å². The van der Waals surface area contributed by atoms with E-state index in [2.05, 4.69) is 23.9 Å². The zero-order chi connectivity index (χ0) is 40.5. The zero-order valence-electron chi connectivity index (χ0n) is 34.2. The summed E-state index contributed by atoms with van der Waals surface area (Å²) in [6.45, 7) is 5.98. The van der Waals surface area contributed by atoms with Gasteiger partial charge >= 0.3 is 7.82 Å². The number of phosphoric ester groups is 1. The van der Waals surface area contributed by atoms with Crippen LogP contribution in [0, 0.1) is 11.3 Å². The SMILES string of the molecule is CCCCCCCCCOCCCCCCCCCC[C@H](COP(=O)(O)OC[C@H]1O[C@@](C#N)(c2ccc3c(N)ncnn23)C(O)[C@H]1O)OCCCCCCCC. The van der Waals surface area contributed by atoms with Crippen molar-refractivity contribution in [3.8, 4) is 6.07 Å². The Morgan fingerprint density at radius 1 is 0.857 bits per heavy atom. The van der Waals surface area contributed by atoms with Crippen molar-refractivity contribution in [1.82, 2.24) is 14.6 Å². The maximum atomic E-state index is 13.0. The first-order valence-corrected chi connectivity index (χ1v) is 23.0. The first kappa shape index (κ1) is 48.2. The van der Waals surface area contributed by atoms with Gasteiger partial charge in [-0.25, -0.2) is 14.1 Å². The molecule has 0 saturated carbocycles. The van der Waals surface area contributed by atoms with Crippen LogP contribution in [0.3, 0.4) is 0 Å². The number of unbranched alkanes of at least 4 members (excludes halogenated alkanes) is 18. The van der Waals surface area contributed by atoms with Crippen LogP contribution in [0.15, 0.2) is 18.5 Å². The number of hydrogen-bond acceptors (Lipinski definition) is 12. The lowest BCUT2D eigenvalue weighted by atomic mass is 9.92. The Morgan fingerprint density at radius 3 is 2.00 bits per heavy atom. The highest BCUT2D eigenvalue weighted by molar-refractivity contribution is 7.47. The van der Waals surface area contributed by atoms with E-state index in [0.717, 1.165) is 58.2 Å². The normalized spacial score (nSPS) is 21.4. The van der Waals surface area contributed by atoms with Gasteiger partial charge in [-0.1, -0.05) is 129 Å². The summed E-state index contributed by atoms with van der Waals surface area (Å²) in [5.74, 6) is 0.149. The lowest BCUT2D eigenvalue weighted by Gasteiger charge is -2.24. The molecule has 3 heterocycles. The first-order chi connectivity index (χ1) is 27.2. The molecular weight excluding hydrogens is 737 g/mol. The largest absolute Gasteiger partial charge is 0.472 e. The van der Waals surface area contributed by atoms with E-state index >= 15 is 0 Å². The van der Waals surface area contributed by atoms with Gasteiger partial charge in [0.15, 0.2) is 5.82 Å².